The van der Waals surface area contributed by atoms with Gasteiger partial charge in [-0.15, -0.1) is 0 Å². The lowest BCUT2D eigenvalue weighted by Crippen LogP contribution is -2.46. The lowest BCUT2D eigenvalue weighted by Gasteiger charge is -2.38. The fourth-order valence-electron chi connectivity index (χ4n) is 3.53. The third-order valence-electron chi connectivity index (χ3n) is 4.80. The van der Waals surface area contributed by atoms with Crippen LogP contribution in [0.2, 0.25) is 0 Å². The number of carbonyl (C=O) groups excluding carboxylic acids is 1. The number of nitrogens with zero attached hydrogens (tertiary/aromatic N) is 2. The highest BCUT2D eigenvalue weighted by Crippen LogP contribution is 2.42. The number of fused-ring (bicyclic) bond motifs is 1. The number of aliphatic imine (C=N–C) groups is 1. The molecule has 3 N–H and O–H groups in total. The zero-order valence-corrected chi connectivity index (χ0v) is 18.5. The molecule has 29 heavy (non-hydrogen) atoms. The first-order chi connectivity index (χ1) is 14.1. The summed E-state index contributed by atoms with van der Waals surface area (Å²) >= 11 is 7.20. The number of benzene rings is 3. The van der Waals surface area contributed by atoms with Gasteiger partial charge < -0.3 is 4.90 Å². The second-order valence-electron chi connectivity index (χ2n) is 6.63. The standard InChI is InChI=1S/C22H18Br2N4O/c23-15-10-11-19-17(12-15)21(14-6-2-1-3-7-14)28(13-20(29)27-25)22(26-19)16-8-4-5-9-18(16)24/h1-12,21H,13,25H2,(H,27,29)/t21-/m1/s1. The lowest BCUT2D eigenvalue weighted by molar-refractivity contribution is -0.121. The molecule has 3 aromatic rings. The van der Waals surface area contributed by atoms with Crippen molar-refractivity contribution in [1.29, 1.82) is 0 Å². The summed E-state index contributed by atoms with van der Waals surface area (Å²) in [4.78, 5) is 19.3. The summed E-state index contributed by atoms with van der Waals surface area (Å²) in [5.41, 5.74) is 6.12. The van der Waals surface area contributed by atoms with Crippen LogP contribution in [0.4, 0.5) is 5.69 Å². The Morgan fingerprint density at radius 1 is 1.03 bits per heavy atom. The summed E-state index contributed by atoms with van der Waals surface area (Å²) in [5.74, 6) is 5.85. The fourth-order valence-corrected chi connectivity index (χ4v) is 4.37. The van der Waals surface area contributed by atoms with Crippen molar-refractivity contribution in [2.75, 3.05) is 6.54 Å². The summed E-state index contributed by atoms with van der Waals surface area (Å²) < 4.78 is 1.87. The monoisotopic (exact) mass is 512 g/mol. The van der Waals surface area contributed by atoms with Gasteiger partial charge in [0.2, 0.25) is 0 Å². The van der Waals surface area contributed by atoms with E-state index < -0.39 is 0 Å². The first-order valence-electron chi connectivity index (χ1n) is 9.02. The highest BCUT2D eigenvalue weighted by atomic mass is 79.9. The molecule has 0 unspecified atom stereocenters. The van der Waals surface area contributed by atoms with Gasteiger partial charge in [0.05, 0.1) is 11.7 Å². The Hall–Kier alpha value is -2.48. The Morgan fingerprint density at radius 3 is 2.48 bits per heavy atom. The van der Waals surface area contributed by atoms with E-state index in [4.69, 9.17) is 10.8 Å². The zero-order chi connectivity index (χ0) is 20.4. The molecule has 7 heteroatoms. The van der Waals surface area contributed by atoms with E-state index in [-0.39, 0.29) is 18.5 Å². The van der Waals surface area contributed by atoms with Gasteiger partial charge in [-0.3, -0.25) is 10.2 Å². The molecule has 0 saturated carbocycles. The molecule has 0 aliphatic carbocycles. The zero-order valence-electron chi connectivity index (χ0n) is 15.3. The fraction of sp³-hybridized carbons (Fsp3) is 0.0909. The minimum atomic E-state index is -0.288. The van der Waals surface area contributed by atoms with Gasteiger partial charge >= 0.3 is 0 Å². The highest BCUT2D eigenvalue weighted by molar-refractivity contribution is 9.10. The molecular formula is C22H18Br2N4O. The van der Waals surface area contributed by atoms with Crippen molar-refractivity contribution in [3.63, 3.8) is 0 Å². The van der Waals surface area contributed by atoms with Gasteiger partial charge in [0, 0.05) is 20.1 Å². The number of amides is 1. The summed E-state index contributed by atoms with van der Waals surface area (Å²) in [7, 11) is 0. The summed E-state index contributed by atoms with van der Waals surface area (Å²) in [6.45, 7) is 0.0716. The molecule has 0 aromatic heterocycles. The number of hydrazine groups is 1. The van der Waals surface area contributed by atoms with Gasteiger partial charge in [0.25, 0.3) is 5.91 Å². The molecule has 5 nitrogen and oxygen atoms in total. The maximum Gasteiger partial charge on any atom is 0.253 e. The normalized spacial score (nSPS) is 15.5. The van der Waals surface area contributed by atoms with Crippen molar-refractivity contribution < 1.29 is 4.79 Å². The van der Waals surface area contributed by atoms with Crippen LogP contribution in [0, 0.1) is 0 Å². The van der Waals surface area contributed by atoms with Crippen LogP contribution in [0.25, 0.3) is 0 Å². The molecule has 1 amide bonds. The Morgan fingerprint density at radius 2 is 1.76 bits per heavy atom. The number of nitrogens with one attached hydrogen (secondary N) is 1. The van der Waals surface area contributed by atoms with Crippen LogP contribution >= 0.6 is 31.9 Å². The molecule has 0 radical (unpaired) electrons. The Balaban J connectivity index is 1.97. The smallest absolute Gasteiger partial charge is 0.253 e. The number of carbonyl (C=O) groups is 1. The third kappa shape index (κ3) is 3.99. The average Bonchev–Trinajstić information content (AvgIpc) is 2.74. The lowest BCUT2D eigenvalue weighted by atomic mass is 9.93. The van der Waals surface area contributed by atoms with E-state index in [0.717, 1.165) is 31.3 Å². The molecule has 1 aliphatic heterocycles. The molecule has 4 rings (SSSR count). The molecule has 0 bridgehead atoms. The van der Waals surface area contributed by atoms with Gasteiger partial charge in [-0.05, 0) is 29.8 Å². The maximum atomic E-state index is 12.3. The minimum absolute atomic E-state index is 0.0716. The van der Waals surface area contributed by atoms with E-state index >= 15 is 0 Å². The van der Waals surface area contributed by atoms with Crippen molar-refractivity contribution in [3.8, 4) is 0 Å². The second kappa shape index (κ2) is 8.49. The largest absolute Gasteiger partial charge is 0.335 e. The van der Waals surface area contributed by atoms with Crippen molar-refractivity contribution in [1.82, 2.24) is 10.3 Å². The molecule has 1 aliphatic rings. The van der Waals surface area contributed by atoms with Crippen molar-refractivity contribution in [2.24, 2.45) is 10.8 Å². The van der Waals surface area contributed by atoms with Gasteiger partial charge in [-0.25, -0.2) is 10.8 Å². The van der Waals surface area contributed by atoms with E-state index in [0.29, 0.717) is 5.84 Å². The minimum Gasteiger partial charge on any atom is -0.335 e. The van der Waals surface area contributed by atoms with Gasteiger partial charge in [-0.2, -0.15) is 0 Å². The van der Waals surface area contributed by atoms with Crippen LogP contribution in [0.5, 0.6) is 0 Å². The van der Waals surface area contributed by atoms with Crippen LogP contribution in [0.15, 0.2) is 86.7 Å². The predicted molar refractivity (Wildman–Crippen MR) is 122 cm³/mol. The number of hydrogen-bond acceptors (Lipinski definition) is 4. The van der Waals surface area contributed by atoms with Crippen molar-refractivity contribution >= 4 is 49.3 Å². The molecule has 0 fully saturated rings. The number of nitrogens with two attached hydrogens (primary N) is 1. The van der Waals surface area contributed by atoms with Crippen LogP contribution < -0.4 is 11.3 Å². The van der Waals surface area contributed by atoms with E-state index in [2.05, 4.69) is 55.5 Å². The number of hydrogen-bond donors (Lipinski definition) is 2. The van der Waals surface area contributed by atoms with E-state index in [1.807, 2.05) is 59.5 Å². The third-order valence-corrected chi connectivity index (χ3v) is 5.98. The van der Waals surface area contributed by atoms with Crippen LogP contribution in [-0.2, 0) is 4.79 Å². The molecule has 0 spiro atoms. The first kappa shape index (κ1) is 19.8. The van der Waals surface area contributed by atoms with Crippen molar-refractivity contribution in [3.05, 3.63) is 98.4 Å². The van der Waals surface area contributed by atoms with Crippen molar-refractivity contribution in [2.45, 2.75) is 6.04 Å². The van der Waals surface area contributed by atoms with E-state index in [9.17, 15) is 4.79 Å². The first-order valence-corrected chi connectivity index (χ1v) is 10.6. The Kier molecular flexibility index (Phi) is 5.80. The van der Waals surface area contributed by atoms with Crippen LogP contribution in [0.3, 0.4) is 0 Å². The average molecular weight is 514 g/mol. The molecular weight excluding hydrogens is 496 g/mol. The van der Waals surface area contributed by atoms with E-state index in [1.54, 1.807) is 0 Å². The molecule has 0 saturated heterocycles. The quantitative estimate of drug-likeness (QED) is 0.302. The molecule has 3 aromatic carbocycles. The van der Waals surface area contributed by atoms with E-state index in [1.165, 1.54) is 0 Å². The van der Waals surface area contributed by atoms with Gasteiger partial charge in [0.15, 0.2) is 0 Å². The SMILES string of the molecule is NNC(=O)CN1C(c2ccccc2Br)=Nc2ccc(Br)cc2[C@H]1c1ccccc1. The summed E-state index contributed by atoms with van der Waals surface area (Å²) in [6, 6.07) is 23.8. The number of halogens is 2. The predicted octanol–water partition coefficient (Wildman–Crippen LogP) is 4.68. The maximum absolute atomic E-state index is 12.3. The van der Waals surface area contributed by atoms with Gasteiger partial charge in [-0.1, -0.05) is 80.4 Å². The van der Waals surface area contributed by atoms with Gasteiger partial charge in [0.1, 0.15) is 12.4 Å². The Bertz CT molecular complexity index is 1090. The topological polar surface area (TPSA) is 70.7 Å². The number of amidine groups is 1. The molecule has 1 heterocycles. The van der Waals surface area contributed by atoms with Crippen LogP contribution in [-0.4, -0.2) is 23.2 Å². The molecule has 1 atom stereocenters. The summed E-state index contributed by atoms with van der Waals surface area (Å²) in [5, 5.41) is 0. The van der Waals surface area contributed by atoms with Crippen LogP contribution in [0.1, 0.15) is 22.7 Å². The summed E-state index contributed by atoms with van der Waals surface area (Å²) in [6.07, 6.45) is 0. The molecule has 146 valence electrons. The highest BCUT2D eigenvalue weighted by Gasteiger charge is 2.34. The number of rotatable bonds is 4. The Labute approximate surface area is 185 Å². The second-order valence-corrected chi connectivity index (χ2v) is 8.40.